The summed E-state index contributed by atoms with van der Waals surface area (Å²) in [4.78, 5) is 40.3. The summed E-state index contributed by atoms with van der Waals surface area (Å²) in [5.41, 5.74) is 3.13. The molecule has 6 nitrogen and oxygen atoms in total. The van der Waals surface area contributed by atoms with E-state index in [0.29, 0.717) is 21.9 Å². The summed E-state index contributed by atoms with van der Waals surface area (Å²) >= 11 is 6.18. The number of rotatable bonds is 8. The molecule has 2 aromatic rings. The molecule has 2 atom stereocenters. The van der Waals surface area contributed by atoms with Gasteiger partial charge in [-0.15, -0.1) is 0 Å². The van der Waals surface area contributed by atoms with E-state index in [0.717, 1.165) is 17.5 Å². The highest BCUT2D eigenvalue weighted by Gasteiger charge is 2.37. The lowest BCUT2D eigenvalue weighted by molar-refractivity contribution is -0.140. The van der Waals surface area contributed by atoms with E-state index in [1.165, 1.54) is 0 Å². The summed E-state index contributed by atoms with van der Waals surface area (Å²) in [7, 11) is 0. The molecule has 0 saturated carbocycles. The number of allylic oxidation sites excluding steroid dienone is 1. The Bertz CT molecular complexity index is 1110. The van der Waals surface area contributed by atoms with Gasteiger partial charge in [-0.05, 0) is 62.6 Å². The number of halogens is 1. The van der Waals surface area contributed by atoms with Gasteiger partial charge >= 0.3 is 5.97 Å². The Hall–Kier alpha value is -3.12. The van der Waals surface area contributed by atoms with Crippen molar-refractivity contribution in [3.8, 4) is 0 Å². The Balaban J connectivity index is 1.94. The summed E-state index contributed by atoms with van der Waals surface area (Å²) in [6, 6.07) is 14.5. The predicted molar refractivity (Wildman–Crippen MR) is 132 cm³/mol. The average Bonchev–Trinajstić information content (AvgIpc) is 2.81. The lowest BCUT2D eigenvalue weighted by Gasteiger charge is -2.34. The zero-order valence-electron chi connectivity index (χ0n) is 20.1. The number of benzene rings is 2. The molecule has 3 rings (SSSR count). The molecule has 2 aromatic carbocycles. The zero-order chi connectivity index (χ0) is 24.8. The normalized spacial score (nSPS) is 16.9. The molecule has 1 heterocycles. The fourth-order valence-electron chi connectivity index (χ4n) is 4.09. The lowest BCUT2D eigenvalue weighted by Crippen LogP contribution is -2.38. The van der Waals surface area contributed by atoms with Gasteiger partial charge in [-0.1, -0.05) is 42.8 Å². The number of carbonyl (C=O) groups excluding carboxylic acids is 3. The highest BCUT2D eigenvalue weighted by molar-refractivity contribution is 6.30. The van der Waals surface area contributed by atoms with Gasteiger partial charge in [0.2, 0.25) is 5.91 Å². The Kier molecular flexibility index (Phi) is 8.51. The molecular formula is C27H31ClN2O4. The van der Waals surface area contributed by atoms with E-state index in [4.69, 9.17) is 16.3 Å². The zero-order valence-corrected chi connectivity index (χ0v) is 20.8. The topological polar surface area (TPSA) is 75.7 Å². The first-order valence-electron chi connectivity index (χ1n) is 11.6. The molecule has 0 aliphatic carbocycles. The van der Waals surface area contributed by atoms with Crippen LogP contribution in [-0.4, -0.2) is 35.3 Å². The van der Waals surface area contributed by atoms with Crippen LogP contribution in [0.15, 0.2) is 59.8 Å². The Morgan fingerprint density at radius 1 is 1.18 bits per heavy atom. The summed E-state index contributed by atoms with van der Waals surface area (Å²) in [5.74, 6) is -1.13. The molecular weight excluding hydrogens is 452 g/mol. The molecule has 0 spiro atoms. The van der Waals surface area contributed by atoms with Crippen molar-refractivity contribution in [2.75, 3.05) is 6.61 Å². The fraction of sp³-hybridized carbons (Fsp3) is 0.370. The summed E-state index contributed by atoms with van der Waals surface area (Å²) in [5, 5.41) is 3.50. The molecule has 180 valence electrons. The molecule has 2 unspecified atom stereocenters. The van der Waals surface area contributed by atoms with Crippen LogP contribution in [0.3, 0.4) is 0 Å². The van der Waals surface area contributed by atoms with Gasteiger partial charge in [0.05, 0.1) is 18.7 Å². The minimum atomic E-state index is -0.441. The van der Waals surface area contributed by atoms with Crippen LogP contribution >= 0.6 is 11.6 Å². The maximum absolute atomic E-state index is 13.2. The van der Waals surface area contributed by atoms with Crippen molar-refractivity contribution in [2.45, 2.75) is 59.0 Å². The molecule has 1 N–H and O–H groups in total. The van der Waals surface area contributed by atoms with Crippen molar-refractivity contribution in [3.63, 3.8) is 0 Å². The van der Waals surface area contributed by atoms with Crippen LogP contribution in [0.5, 0.6) is 0 Å². The number of hydrogen-bond acceptors (Lipinski definition) is 4. The molecule has 0 saturated heterocycles. The second kappa shape index (κ2) is 11.3. The first kappa shape index (κ1) is 25.5. The number of amides is 2. The average molecular weight is 483 g/mol. The van der Waals surface area contributed by atoms with Crippen molar-refractivity contribution < 1.29 is 19.1 Å². The highest BCUT2D eigenvalue weighted by Crippen LogP contribution is 2.38. The molecule has 34 heavy (non-hydrogen) atoms. The van der Waals surface area contributed by atoms with E-state index >= 15 is 0 Å². The maximum atomic E-state index is 13.2. The lowest BCUT2D eigenvalue weighted by atomic mass is 9.83. The van der Waals surface area contributed by atoms with E-state index < -0.39 is 11.9 Å². The maximum Gasteiger partial charge on any atom is 0.336 e. The Morgan fingerprint density at radius 2 is 1.91 bits per heavy atom. The van der Waals surface area contributed by atoms with Gasteiger partial charge in [-0.25, -0.2) is 4.79 Å². The monoisotopic (exact) mass is 482 g/mol. The number of esters is 1. The number of nitrogens with one attached hydrogen (secondary N) is 1. The van der Waals surface area contributed by atoms with Gasteiger partial charge in [-0.3, -0.25) is 9.59 Å². The highest BCUT2D eigenvalue weighted by atomic mass is 35.5. The predicted octanol–water partition coefficient (Wildman–Crippen LogP) is 5.22. The number of hydrogen-bond donors (Lipinski definition) is 1. The van der Waals surface area contributed by atoms with Crippen molar-refractivity contribution in [3.05, 3.63) is 81.5 Å². The standard InChI is InChI=1S/C27H31ClN2O4/c1-5-17(3)29-26(32)21-11-7-9-19(13-21)16-30-18(4)25(27(33)34-6-2)23(15-24(30)31)20-10-8-12-22(28)14-20/h7-14,17,23H,5-6,15-16H2,1-4H3,(H,29,32). The molecule has 0 aromatic heterocycles. The third-order valence-corrected chi connectivity index (χ3v) is 6.32. The van der Waals surface area contributed by atoms with Gasteiger partial charge in [0.1, 0.15) is 0 Å². The van der Waals surface area contributed by atoms with E-state index in [2.05, 4.69) is 5.32 Å². The van der Waals surface area contributed by atoms with Gasteiger partial charge < -0.3 is 15.0 Å². The smallest absolute Gasteiger partial charge is 0.336 e. The third kappa shape index (κ3) is 5.86. The van der Waals surface area contributed by atoms with Crippen LogP contribution in [-0.2, 0) is 20.9 Å². The second-order valence-electron chi connectivity index (χ2n) is 8.49. The van der Waals surface area contributed by atoms with E-state index in [9.17, 15) is 14.4 Å². The third-order valence-electron chi connectivity index (χ3n) is 6.09. The first-order valence-corrected chi connectivity index (χ1v) is 12.0. The largest absolute Gasteiger partial charge is 0.463 e. The van der Waals surface area contributed by atoms with E-state index in [1.807, 2.05) is 32.0 Å². The molecule has 0 fully saturated rings. The number of carbonyl (C=O) groups is 3. The van der Waals surface area contributed by atoms with E-state index in [1.54, 1.807) is 49.1 Å². The van der Waals surface area contributed by atoms with Crippen LogP contribution < -0.4 is 5.32 Å². The molecule has 0 radical (unpaired) electrons. The van der Waals surface area contributed by atoms with Crippen molar-refractivity contribution in [1.29, 1.82) is 0 Å². The fourth-order valence-corrected chi connectivity index (χ4v) is 4.29. The quantitative estimate of drug-likeness (QED) is 0.523. The van der Waals surface area contributed by atoms with Crippen LogP contribution in [0.4, 0.5) is 0 Å². The Labute approximate surface area is 205 Å². The molecule has 1 aliphatic heterocycles. The minimum absolute atomic E-state index is 0.0700. The summed E-state index contributed by atoms with van der Waals surface area (Å²) in [6.07, 6.45) is 0.960. The van der Waals surface area contributed by atoms with E-state index in [-0.39, 0.29) is 37.4 Å². The van der Waals surface area contributed by atoms with Crippen LogP contribution in [0.1, 0.15) is 67.9 Å². The van der Waals surface area contributed by atoms with Gasteiger partial charge in [0, 0.05) is 34.7 Å². The van der Waals surface area contributed by atoms with Gasteiger partial charge in [0.25, 0.3) is 5.91 Å². The van der Waals surface area contributed by atoms with Crippen LogP contribution in [0.25, 0.3) is 0 Å². The second-order valence-corrected chi connectivity index (χ2v) is 8.93. The SMILES string of the molecule is CCOC(=O)C1=C(C)N(Cc2cccc(C(=O)NC(C)CC)c2)C(=O)CC1c1cccc(Cl)c1. The molecule has 2 amide bonds. The van der Waals surface area contributed by atoms with Gasteiger partial charge in [-0.2, -0.15) is 0 Å². The number of ether oxygens (including phenoxy) is 1. The first-order chi connectivity index (χ1) is 16.2. The molecule has 7 heteroatoms. The van der Waals surface area contributed by atoms with Crippen molar-refractivity contribution >= 4 is 29.4 Å². The molecule has 0 bridgehead atoms. The van der Waals surface area contributed by atoms with Crippen LogP contribution in [0.2, 0.25) is 5.02 Å². The van der Waals surface area contributed by atoms with Crippen LogP contribution in [0, 0.1) is 0 Å². The summed E-state index contributed by atoms with van der Waals surface area (Å²) in [6.45, 7) is 7.97. The number of nitrogens with zero attached hydrogens (tertiary/aromatic N) is 1. The minimum Gasteiger partial charge on any atom is -0.463 e. The Morgan fingerprint density at radius 3 is 2.59 bits per heavy atom. The summed E-state index contributed by atoms with van der Waals surface area (Å²) < 4.78 is 5.34. The van der Waals surface area contributed by atoms with Crippen molar-refractivity contribution in [1.82, 2.24) is 10.2 Å². The van der Waals surface area contributed by atoms with Gasteiger partial charge in [0.15, 0.2) is 0 Å². The molecule has 1 aliphatic rings. The van der Waals surface area contributed by atoms with Crippen molar-refractivity contribution in [2.24, 2.45) is 0 Å².